The Hall–Kier alpha value is -4.07. The zero-order valence-corrected chi connectivity index (χ0v) is 19.5. The van der Waals surface area contributed by atoms with Gasteiger partial charge in [-0.15, -0.1) is 0 Å². The fourth-order valence-electron chi connectivity index (χ4n) is 4.82. The molecule has 0 unspecified atom stereocenters. The fraction of sp³-hybridized carbons (Fsp3) is 0.250. The number of para-hydroxylation sites is 1. The van der Waals surface area contributed by atoms with Crippen LogP contribution in [0.4, 0.5) is 20.2 Å². The van der Waals surface area contributed by atoms with Gasteiger partial charge in [-0.2, -0.15) is 0 Å². The van der Waals surface area contributed by atoms with Crippen molar-refractivity contribution in [1.29, 1.82) is 0 Å². The molecule has 3 aromatic carbocycles. The van der Waals surface area contributed by atoms with Gasteiger partial charge in [-0.1, -0.05) is 18.2 Å². The maximum atomic E-state index is 14.0. The highest BCUT2D eigenvalue weighted by Gasteiger charge is 2.29. The van der Waals surface area contributed by atoms with Gasteiger partial charge in [-0.3, -0.25) is 14.4 Å². The van der Waals surface area contributed by atoms with Gasteiger partial charge in [0.25, 0.3) is 11.8 Å². The third kappa shape index (κ3) is 4.71. The fourth-order valence-corrected chi connectivity index (χ4v) is 4.82. The molecule has 0 atom stereocenters. The number of anilines is 2. The summed E-state index contributed by atoms with van der Waals surface area (Å²) < 4.78 is 27.1. The molecule has 36 heavy (non-hydrogen) atoms. The molecule has 2 aliphatic heterocycles. The van der Waals surface area contributed by atoms with Crippen molar-refractivity contribution in [3.63, 3.8) is 0 Å². The van der Waals surface area contributed by atoms with Gasteiger partial charge in [-0.25, -0.2) is 8.78 Å². The summed E-state index contributed by atoms with van der Waals surface area (Å²) in [6.07, 6.45) is 1.70. The van der Waals surface area contributed by atoms with Crippen LogP contribution in [0.2, 0.25) is 0 Å². The van der Waals surface area contributed by atoms with Crippen molar-refractivity contribution in [3.8, 4) is 0 Å². The largest absolute Gasteiger partial charge is 0.339 e. The Morgan fingerprint density at radius 1 is 0.833 bits per heavy atom. The predicted octanol–water partition coefficient (Wildman–Crippen LogP) is 4.66. The Morgan fingerprint density at radius 3 is 2.28 bits per heavy atom. The minimum Gasteiger partial charge on any atom is -0.339 e. The summed E-state index contributed by atoms with van der Waals surface area (Å²) in [4.78, 5) is 41.6. The monoisotopic (exact) mass is 489 g/mol. The molecule has 2 aliphatic rings. The third-order valence-electron chi connectivity index (χ3n) is 6.85. The molecule has 6 nitrogen and oxygen atoms in total. The minimum atomic E-state index is -0.893. The maximum Gasteiger partial charge on any atom is 0.258 e. The number of carbonyl (C=O) groups excluding carboxylic acids is 3. The Balaban J connectivity index is 1.16. The van der Waals surface area contributed by atoms with Crippen LogP contribution in [0, 0.1) is 17.6 Å². The molecule has 0 bridgehead atoms. The maximum absolute atomic E-state index is 14.0. The van der Waals surface area contributed by atoms with Crippen LogP contribution in [0.5, 0.6) is 0 Å². The van der Waals surface area contributed by atoms with Crippen LogP contribution in [0.15, 0.2) is 66.7 Å². The summed E-state index contributed by atoms with van der Waals surface area (Å²) in [7, 11) is 0. The number of rotatable bonds is 4. The number of amides is 3. The van der Waals surface area contributed by atoms with Gasteiger partial charge >= 0.3 is 0 Å². The number of fused-ring (bicyclic) bond motifs is 1. The molecule has 2 heterocycles. The van der Waals surface area contributed by atoms with Gasteiger partial charge in [-0.05, 0) is 67.3 Å². The average molecular weight is 490 g/mol. The highest BCUT2D eigenvalue weighted by Crippen LogP contribution is 2.29. The van der Waals surface area contributed by atoms with E-state index in [9.17, 15) is 23.2 Å². The van der Waals surface area contributed by atoms with Crippen molar-refractivity contribution in [3.05, 3.63) is 95.1 Å². The number of benzene rings is 3. The average Bonchev–Trinajstić information content (AvgIpc) is 3.33. The summed E-state index contributed by atoms with van der Waals surface area (Å²) in [5, 5.41) is 2.89. The molecule has 0 aliphatic carbocycles. The van der Waals surface area contributed by atoms with Crippen LogP contribution in [-0.4, -0.2) is 42.3 Å². The number of hydrogen-bond acceptors (Lipinski definition) is 3. The highest BCUT2D eigenvalue weighted by molar-refractivity contribution is 6.07. The van der Waals surface area contributed by atoms with E-state index < -0.39 is 17.5 Å². The predicted molar refractivity (Wildman–Crippen MR) is 132 cm³/mol. The van der Waals surface area contributed by atoms with Crippen molar-refractivity contribution >= 4 is 29.1 Å². The van der Waals surface area contributed by atoms with E-state index in [0.717, 1.165) is 29.8 Å². The standard InChI is InChI=1S/C28H25F2N3O3/c29-21-7-10-23(24(30)17-21)28(36)32-14-11-19(12-15-32)26(34)31-22-8-5-20(6-9-22)27(35)33-16-13-18-3-1-2-4-25(18)33/h1-10,17,19H,11-16H2,(H,31,34). The van der Waals surface area contributed by atoms with Gasteiger partial charge in [0.15, 0.2) is 0 Å². The van der Waals surface area contributed by atoms with E-state index in [1.807, 2.05) is 24.3 Å². The molecular weight excluding hydrogens is 464 g/mol. The first-order chi connectivity index (χ1) is 17.4. The molecule has 0 saturated carbocycles. The van der Waals surface area contributed by atoms with Crippen molar-refractivity contribution in [2.24, 2.45) is 5.92 Å². The first-order valence-electron chi connectivity index (χ1n) is 12.0. The lowest BCUT2D eigenvalue weighted by atomic mass is 9.95. The first-order valence-corrected chi connectivity index (χ1v) is 12.0. The topological polar surface area (TPSA) is 69.7 Å². The molecule has 0 aromatic heterocycles. The molecule has 0 spiro atoms. The van der Waals surface area contributed by atoms with Crippen molar-refractivity contribution < 1.29 is 23.2 Å². The minimum absolute atomic E-state index is 0.0764. The van der Waals surface area contributed by atoms with Crippen LogP contribution >= 0.6 is 0 Å². The van der Waals surface area contributed by atoms with Crippen LogP contribution in [-0.2, 0) is 11.2 Å². The molecule has 1 saturated heterocycles. The number of halogens is 2. The molecule has 3 amide bonds. The normalized spacial score (nSPS) is 15.5. The number of hydrogen-bond donors (Lipinski definition) is 1. The number of carbonyl (C=O) groups is 3. The zero-order valence-electron chi connectivity index (χ0n) is 19.5. The van der Waals surface area contributed by atoms with Crippen molar-refractivity contribution in [1.82, 2.24) is 4.90 Å². The lowest BCUT2D eigenvalue weighted by Gasteiger charge is -2.31. The smallest absolute Gasteiger partial charge is 0.258 e. The molecule has 8 heteroatoms. The second-order valence-electron chi connectivity index (χ2n) is 9.09. The molecule has 1 N–H and O–H groups in total. The molecule has 0 radical (unpaired) electrons. The second kappa shape index (κ2) is 9.89. The van der Waals surface area contributed by atoms with Gasteiger partial charge in [0.2, 0.25) is 5.91 Å². The molecule has 5 rings (SSSR count). The highest BCUT2D eigenvalue weighted by atomic mass is 19.1. The molecule has 1 fully saturated rings. The summed E-state index contributed by atoms with van der Waals surface area (Å²) in [5.41, 5.74) is 3.05. The van der Waals surface area contributed by atoms with E-state index >= 15 is 0 Å². The van der Waals surface area contributed by atoms with Gasteiger partial charge in [0.1, 0.15) is 11.6 Å². The van der Waals surface area contributed by atoms with Gasteiger partial charge < -0.3 is 15.1 Å². The summed E-state index contributed by atoms with van der Waals surface area (Å²) >= 11 is 0. The van der Waals surface area contributed by atoms with E-state index in [0.29, 0.717) is 49.8 Å². The van der Waals surface area contributed by atoms with Crippen molar-refractivity contribution in [2.75, 3.05) is 29.9 Å². The Kier molecular flexibility index (Phi) is 6.50. The summed E-state index contributed by atoms with van der Waals surface area (Å²) in [5.74, 6) is -2.68. The molecular formula is C28H25F2N3O3. The van der Waals surface area contributed by atoms with E-state index in [1.165, 1.54) is 4.90 Å². The molecule has 3 aromatic rings. The van der Waals surface area contributed by atoms with E-state index in [4.69, 9.17) is 0 Å². The lowest BCUT2D eigenvalue weighted by Crippen LogP contribution is -2.41. The third-order valence-corrected chi connectivity index (χ3v) is 6.85. The number of nitrogens with one attached hydrogen (secondary N) is 1. The zero-order chi connectivity index (χ0) is 25.2. The summed E-state index contributed by atoms with van der Waals surface area (Å²) in [6.45, 7) is 1.25. The van der Waals surface area contributed by atoms with E-state index in [1.54, 1.807) is 29.2 Å². The van der Waals surface area contributed by atoms with Crippen LogP contribution in [0.1, 0.15) is 39.1 Å². The van der Waals surface area contributed by atoms with Crippen LogP contribution in [0.3, 0.4) is 0 Å². The van der Waals surface area contributed by atoms with Crippen molar-refractivity contribution in [2.45, 2.75) is 19.3 Å². The Morgan fingerprint density at radius 2 is 1.56 bits per heavy atom. The second-order valence-corrected chi connectivity index (χ2v) is 9.09. The number of nitrogens with zero attached hydrogens (tertiary/aromatic N) is 2. The number of piperidine rings is 1. The van der Waals surface area contributed by atoms with Crippen LogP contribution < -0.4 is 10.2 Å². The summed E-state index contributed by atoms with van der Waals surface area (Å²) in [6, 6.07) is 17.6. The van der Waals surface area contributed by atoms with Gasteiger partial charge in [0, 0.05) is 48.6 Å². The number of likely N-dealkylation sites (tertiary alicyclic amines) is 1. The first kappa shape index (κ1) is 23.7. The van der Waals surface area contributed by atoms with E-state index in [-0.39, 0.29) is 23.3 Å². The SMILES string of the molecule is O=C(Nc1ccc(C(=O)N2CCc3ccccc32)cc1)C1CCN(C(=O)c2ccc(F)cc2F)CC1. The van der Waals surface area contributed by atoms with Gasteiger partial charge in [0.05, 0.1) is 5.56 Å². The molecule has 184 valence electrons. The van der Waals surface area contributed by atoms with E-state index in [2.05, 4.69) is 5.32 Å². The quantitative estimate of drug-likeness (QED) is 0.580. The lowest BCUT2D eigenvalue weighted by molar-refractivity contribution is -0.121. The Labute approximate surface area is 207 Å². The Bertz CT molecular complexity index is 1320. The van der Waals surface area contributed by atoms with Crippen LogP contribution in [0.25, 0.3) is 0 Å².